The van der Waals surface area contributed by atoms with Crippen LogP contribution in [0.15, 0.2) is 12.3 Å². The molecule has 20 heavy (non-hydrogen) atoms. The third kappa shape index (κ3) is 3.22. The van der Waals surface area contributed by atoms with Crippen molar-refractivity contribution < 1.29 is 4.92 Å². The maximum absolute atomic E-state index is 11.0. The highest BCUT2D eigenvalue weighted by atomic mass is 16.6. The summed E-state index contributed by atoms with van der Waals surface area (Å²) in [4.78, 5) is 16.9. The number of nitro groups is 1. The van der Waals surface area contributed by atoms with Crippen molar-refractivity contribution >= 4 is 11.5 Å². The van der Waals surface area contributed by atoms with E-state index >= 15 is 0 Å². The quantitative estimate of drug-likeness (QED) is 0.664. The van der Waals surface area contributed by atoms with Crippen molar-refractivity contribution in [2.75, 3.05) is 25.0 Å². The summed E-state index contributed by atoms with van der Waals surface area (Å²) in [5.41, 5.74) is 0.0602. The van der Waals surface area contributed by atoms with Crippen LogP contribution in [0, 0.1) is 21.4 Å². The van der Waals surface area contributed by atoms with E-state index in [4.69, 9.17) is 5.26 Å². The van der Waals surface area contributed by atoms with E-state index in [1.165, 1.54) is 12.3 Å². The van der Waals surface area contributed by atoms with Crippen LogP contribution in [0.25, 0.3) is 0 Å². The van der Waals surface area contributed by atoms with Crippen molar-refractivity contribution in [3.8, 4) is 6.07 Å². The molecule has 7 heteroatoms. The van der Waals surface area contributed by atoms with E-state index in [9.17, 15) is 10.1 Å². The predicted molar refractivity (Wildman–Crippen MR) is 74.4 cm³/mol. The summed E-state index contributed by atoms with van der Waals surface area (Å²) in [6.45, 7) is 5.12. The molecule has 0 aromatic carbocycles. The van der Waals surface area contributed by atoms with Crippen molar-refractivity contribution in [3.05, 3.63) is 27.9 Å². The van der Waals surface area contributed by atoms with E-state index < -0.39 is 4.92 Å². The van der Waals surface area contributed by atoms with Gasteiger partial charge in [0.15, 0.2) is 0 Å². The third-order valence-corrected chi connectivity index (χ3v) is 3.57. The standard InChI is InChI=1S/C13H17N5O2/c1-2-17-5-3-11(4-6-17)16-13-12(18(19)20)7-10(8-14)9-15-13/h7,9,11H,2-6H2,1H3,(H,15,16). The smallest absolute Gasteiger partial charge is 0.312 e. The second kappa shape index (κ2) is 6.30. The molecule has 1 aromatic rings. The van der Waals surface area contributed by atoms with Crippen LogP contribution in [0.4, 0.5) is 11.5 Å². The van der Waals surface area contributed by atoms with Gasteiger partial charge in [0.05, 0.1) is 10.5 Å². The molecule has 1 N–H and O–H groups in total. The summed E-state index contributed by atoms with van der Waals surface area (Å²) in [7, 11) is 0. The van der Waals surface area contributed by atoms with E-state index in [0.717, 1.165) is 32.5 Å². The lowest BCUT2D eigenvalue weighted by Crippen LogP contribution is -2.39. The fraction of sp³-hybridized carbons (Fsp3) is 0.538. The molecule has 0 bridgehead atoms. The highest BCUT2D eigenvalue weighted by molar-refractivity contribution is 5.58. The molecule has 1 aliphatic heterocycles. The van der Waals surface area contributed by atoms with E-state index in [1.807, 2.05) is 6.07 Å². The topological polar surface area (TPSA) is 95.1 Å². The van der Waals surface area contributed by atoms with Gasteiger partial charge in [-0.1, -0.05) is 6.92 Å². The highest BCUT2D eigenvalue weighted by Crippen LogP contribution is 2.25. The number of anilines is 1. The van der Waals surface area contributed by atoms with Crippen molar-refractivity contribution in [2.24, 2.45) is 0 Å². The first-order valence-corrected chi connectivity index (χ1v) is 6.67. The minimum atomic E-state index is -0.503. The fourth-order valence-electron chi connectivity index (χ4n) is 2.35. The summed E-state index contributed by atoms with van der Waals surface area (Å²) >= 11 is 0. The van der Waals surface area contributed by atoms with Gasteiger partial charge in [0.1, 0.15) is 6.07 Å². The molecule has 0 saturated carbocycles. The average molecular weight is 275 g/mol. The number of hydrogen-bond acceptors (Lipinski definition) is 6. The van der Waals surface area contributed by atoms with Crippen LogP contribution >= 0.6 is 0 Å². The number of piperidine rings is 1. The first-order chi connectivity index (χ1) is 9.63. The molecule has 0 unspecified atom stereocenters. The van der Waals surface area contributed by atoms with Crippen molar-refractivity contribution in [2.45, 2.75) is 25.8 Å². The molecule has 0 atom stereocenters. The Morgan fingerprint density at radius 1 is 1.60 bits per heavy atom. The Hall–Kier alpha value is -2.20. The van der Waals surface area contributed by atoms with Crippen LogP contribution in [0.5, 0.6) is 0 Å². The van der Waals surface area contributed by atoms with Gasteiger partial charge >= 0.3 is 5.69 Å². The fourth-order valence-corrected chi connectivity index (χ4v) is 2.35. The highest BCUT2D eigenvalue weighted by Gasteiger charge is 2.22. The maximum atomic E-state index is 11.0. The number of likely N-dealkylation sites (tertiary alicyclic amines) is 1. The molecule has 1 fully saturated rings. The third-order valence-electron chi connectivity index (χ3n) is 3.57. The minimum absolute atomic E-state index is 0.137. The largest absolute Gasteiger partial charge is 0.362 e. The number of aromatic nitrogens is 1. The first kappa shape index (κ1) is 14.2. The van der Waals surface area contributed by atoms with Crippen LogP contribution in [0.3, 0.4) is 0 Å². The van der Waals surface area contributed by atoms with E-state index in [1.54, 1.807) is 0 Å². The van der Waals surface area contributed by atoms with Gasteiger partial charge < -0.3 is 10.2 Å². The molecule has 0 spiro atoms. The Labute approximate surface area is 117 Å². The van der Waals surface area contributed by atoms with Crippen molar-refractivity contribution in [3.63, 3.8) is 0 Å². The number of rotatable bonds is 4. The van der Waals surface area contributed by atoms with Gasteiger partial charge in [0.2, 0.25) is 5.82 Å². The van der Waals surface area contributed by atoms with Crippen LogP contribution in [0.2, 0.25) is 0 Å². The lowest BCUT2D eigenvalue weighted by molar-refractivity contribution is -0.384. The second-order valence-corrected chi connectivity index (χ2v) is 4.81. The van der Waals surface area contributed by atoms with Gasteiger partial charge in [0.25, 0.3) is 0 Å². The SMILES string of the molecule is CCN1CCC(Nc2ncc(C#N)cc2[N+](=O)[O-])CC1. The van der Waals surface area contributed by atoms with Gasteiger partial charge in [-0.2, -0.15) is 5.26 Å². The summed E-state index contributed by atoms with van der Waals surface area (Å²) in [5, 5.41) is 22.9. The Morgan fingerprint density at radius 2 is 2.30 bits per heavy atom. The normalized spacial score (nSPS) is 16.6. The first-order valence-electron chi connectivity index (χ1n) is 6.67. The molecule has 0 aliphatic carbocycles. The summed E-state index contributed by atoms with van der Waals surface area (Å²) < 4.78 is 0. The number of nitrogens with one attached hydrogen (secondary N) is 1. The molecule has 0 radical (unpaired) electrons. The van der Waals surface area contributed by atoms with Crippen LogP contribution < -0.4 is 5.32 Å². The molecule has 2 heterocycles. The maximum Gasteiger partial charge on any atom is 0.312 e. The molecule has 0 amide bonds. The van der Waals surface area contributed by atoms with Crippen LogP contribution in [-0.2, 0) is 0 Å². The summed E-state index contributed by atoms with van der Waals surface area (Å²) in [5.74, 6) is 0.254. The van der Waals surface area contributed by atoms with Crippen molar-refractivity contribution in [1.29, 1.82) is 5.26 Å². The molecule has 1 saturated heterocycles. The van der Waals surface area contributed by atoms with E-state index in [0.29, 0.717) is 0 Å². The molecule has 1 aliphatic rings. The molecule has 1 aromatic heterocycles. The zero-order valence-corrected chi connectivity index (χ0v) is 11.4. The monoisotopic (exact) mass is 275 g/mol. The van der Waals surface area contributed by atoms with Gasteiger partial charge in [0, 0.05) is 31.4 Å². The Balaban J connectivity index is 2.10. The number of pyridine rings is 1. The molecule has 7 nitrogen and oxygen atoms in total. The lowest BCUT2D eigenvalue weighted by atomic mass is 10.1. The average Bonchev–Trinajstić information content (AvgIpc) is 2.48. The van der Waals surface area contributed by atoms with Crippen molar-refractivity contribution in [1.82, 2.24) is 9.88 Å². The second-order valence-electron chi connectivity index (χ2n) is 4.81. The van der Waals surface area contributed by atoms with Gasteiger partial charge in [-0.3, -0.25) is 10.1 Å². The van der Waals surface area contributed by atoms with Gasteiger partial charge in [-0.15, -0.1) is 0 Å². The van der Waals surface area contributed by atoms with Gasteiger partial charge in [-0.05, 0) is 19.4 Å². The summed E-state index contributed by atoms with van der Waals surface area (Å²) in [6.07, 6.45) is 3.23. The summed E-state index contributed by atoms with van der Waals surface area (Å²) in [6, 6.07) is 3.32. The number of hydrogen-bond donors (Lipinski definition) is 1. The predicted octanol–water partition coefficient (Wildman–Crippen LogP) is 1.76. The zero-order valence-electron chi connectivity index (χ0n) is 11.4. The molecule has 106 valence electrons. The molecular formula is C13H17N5O2. The van der Waals surface area contributed by atoms with E-state index in [2.05, 4.69) is 22.1 Å². The zero-order chi connectivity index (χ0) is 14.5. The lowest BCUT2D eigenvalue weighted by Gasteiger charge is -2.31. The number of nitriles is 1. The van der Waals surface area contributed by atoms with Gasteiger partial charge in [-0.25, -0.2) is 4.98 Å². The number of nitrogens with zero attached hydrogens (tertiary/aromatic N) is 4. The minimum Gasteiger partial charge on any atom is -0.362 e. The van der Waals surface area contributed by atoms with Crippen LogP contribution in [0.1, 0.15) is 25.3 Å². The Bertz CT molecular complexity index is 532. The van der Waals surface area contributed by atoms with E-state index in [-0.39, 0.29) is 23.1 Å². The molecule has 2 rings (SSSR count). The Morgan fingerprint density at radius 3 is 2.85 bits per heavy atom. The van der Waals surface area contributed by atoms with Crippen LogP contribution in [-0.4, -0.2) is 40.5 Å². The Kier molecular flexibility index (Phi) is 4.48. The molecular weight excluding hydrogens is 258 g/mol.